The third-order valence-corrected chi connectivity index (χ3v) is 5.10. The van der Waals surface area contributed by atoms with Crippen molar-refractivity contribution in [1.82, 2.24) is 19.9 Å². The summed E-state index contributed by atoms with van der Waals surface area (Å²) in [7, 11) is 0. The number of hydrogen-bond donors (Lipinski definition) is 0. The second-order valence-corrected chi connectivity index (χ2v) is 6.71. The van der Waals surface area contributed by atoms with Crippen LogP contribution in [0.4, 0.5) is 0 Å². The minimum atomic E-state index is 0.140. The Bertz CT molecular complexity index is 728. The molecular formula is C20H26N4O. The molecule has 1 aliphatic rings. The highest BCUT2D eigenvalue weighted by Gasteiger charge is 2.32. The van der Waals surface area contributed by atoms with E-state index in [1.807, 2.05) is 36.2 Å². The Morgan fingerprint density at radius 1 is 1.28 bits per heavy atom. The van der Waals surface area contributed by atoms with E-state index in [-0.39, 0.29) is 17.7 Å². The Kier molecular flexibility index (Phi) is 5.41. The maximum absolute atomic E-state index is 12.7. The summed E-state index contributed by atoms with van der Waals surface area (Å²) < 4.78 is 0. The van der Waals surface area contributed by atoms with E-state index < -0.39 is 0 Å². The molecule has 2 aromatic rings. The SMILES string of the molecule is CCC(CC)C(=O)N1CC[C@@H](c2nc(C)ncc2-c2ccccn2)C1. The van der Waals surface area contributed by atoms with Crippen molar-refractivity contribution in [2.45, 2.75) is 46.0 Å². The molecule has 0 spiro atoms. The predicted molar refractivity (Wildman–Crippen MR) is 98.0 cm³/mol. The number of amides is 1. The molecule has 0 N–H and O–H groups in total. The molecule has 5 nitrogen and oxygen atoms in total. The van der Waals surface area contributed by atoms with Crippen LogP contribution in [0.5, 0.6) is 0 Å². The van der Waals surface area contributed by atoms with E-state index >= 15 is 0 Å². The molecular weight excluding hydrogens is 312 g/mol. The zero-order valence-electron chi connectivity index (χ0n) is 15.3. The third-order valence-electron chi connectivity index (χ3n) is 5.10. The van der Waals surface area contributed by atoms with Crippen molar-refractivity contribution in [2.75, 3.05) is 13.1 Å². The molecule has 1 saturated heterocycles. The second kappa shape index (κ2) is 7.72. The van der Waals surface area contributed by atoms with E-state index in [4.69, 9.17) is 4.98 Å². The fourth-order valence-electron chi connectivity index (χ4n) is 3.60. The zero-order valence-corrected chi connectivity index (χ0v) is 15.3. The van der Waals surface area contributed by atoms with Gasteiger partial charge in [-0.2, -0.15) is 0 Å². The zero-order chi connectivity index (χ0) is 17.8. The molecule has 2 aromatic heterocycles. The number of hydrogen-bond acceptors (Lipinski definition) is 4. The molecule has 132 valence electrons. The van der Waals surface area contributed by atoms with Gasteiger partial charge in [-0.3, -0.25) is 9.78 Å². The van der Waals surface area contributed by atoms with Gasteiger partial charge in [-0.1, -0.05) is 19.9 Å². The lowest BCUT2D eigenvalue weighted by atomic mass is 9.98. The summed E-state index contributed by atoms with van der Waals surface area (Å²) in [5.41, 5.74) is 2.89. The van der Waals surface area contributed by atoms with Crippen LogP contribution < -0.4 is 0 Å². The summed E-state index contributed by atoms with van der Waals surface area (Å²) in [5.74, 6) is 1.44. The molecule has 0 radical (unpaired) electrons. The van der Waals surface area contributed by atoms with E-state index in [9.17, 15) is 4.79 Å². The number of nitrogens with zero attached hydrogens (tertiary/aromatic N) is 4. The molecule has 0 bridgehead atoms. The maximum Gasteiger partial charge on any atom is 0.225 e. The number of aryl methyl sites for hydroxylation is 1. The maximum atomic E-state index is 12.7. The van der Waals surface area contributed by atoms with Gasteiger partial charge in [-0.25, -0.2) is 9.97 Å². The monoisotopic (exact) mass is 338 g/mol. The van der Waals surface area contributed by atoms with Gasteiger partial charge in [-0.05, 0) is 38.3 Å². The standard InChI is InChI=1S/C20H26N4O/c1-4-15(5-2)20(25)24-11-9-16(13-24)19-17(12-22-14(3)23-19)18-8-6-7-10-21-18/h6-8,10,12,15-16H,4-5,9,11,13H2,1-3H3/t16-/m1/s1. The summed E-state index contributed by atoms with van der Waals surface area (Å²) in [6.07, 6.45) is 6.41. The fraction of sp³-hybridized carbons (Fsp3) is 0.500. The molecule has 1 fully saturated rings. The van der Waals surface area contributed by atoms with Gasteiger partial charge < -0.3 is 4.90 Å². The Hall–Kier alpha value is -2.30. The average molecular weight is 338 g/mol. The number of carbonyl (C=O) groups is 1. The number of carbonyl (C=O) groups excluding carboxylic acids is 1. The molecule has 25 heavy (non-hydrogen) atoms. The van der Waals surface area contributed by atoms with Crippen LogP contribution in [0, 0.1) is 12.8 Å². The Morgan fingerprint density at radius 3 is 2.76 bits per heavy atom. The van der Waals surface area contributed by atoms with Gasteiger partial charge in [0.25, 0.3) is 0 Å². The van der Waals surface area contributed by atoms with Gasteiger partial charge in [0, 0.05) is 42.9 Å². The van der Waals surface area contributed by atoms with Gasteiger partial charge in [0.05, 0.1) is 11.4 Å². The van der Waals surface area contributed by atoms with Crippen molar-refractivity contribution in [2.24, 2.45) is 5.92 Å². The Balaban J connectivity index is 1.86. The lowest BCUT2D eigenvalue weighted by molar-refractivity contribution is -0.134. The lowest BCUT2D eigenvalue weighted by Crippen LogP contribution is -2.34. The molecule has 0 saturated carbocycles. The smallest absolute Gasteiger partial charge is 0.225 e. The summed E-state index contributed by atoms with van der Waals surface area (Å²) in [6, 6.07) is 5.87. The van der Waals surface area contributed by atoms with Gasteiger partial charge in [0.15, 0.2) is 0 Å². The molecule has 3 rings (SSSR count). The van der Waals surface area contributed by atoms with Gasteiger partial charge in [0.1, 0.15) is 5.82 Å². The summed E-state index contributed by atoms with van der Waals surface area (Å²) in [5, 5.41) is 0. The molecule has 0 aliphatic carbocycles. The van der Waals surface area contributed by atoms with Gasteiger partial charge >= 0.3 is 0 Å². The summed E-state index contributed by atoms with van der Waals surface area (Å²) >= 11 is 0. The van der Waals surface area contributed by atoms with E-state index in [0.29, 0.717) is 0 Å². The molecule has 1 atom stereocenters. The molecule has 0 aromatic carbocycles. The molecule has 5 heteroatoms. The Morgan fingerprint density at radius 2 is 2.08 bits per heavy atom. The van der Waals surface area contributed by atoms with Crippen LogP contribution in [0.25, 0.3) is 11.3 Å². The Labute approximate surface area is 149 Å². The largest absolute Gasteiger partial charge is 0.342 e. The number of rotatable bonds is 5. The van der Waals surface area contributed by atoms with Crippen molar-refractivity contribution >= 4 is 5.91 Å². The van der Waals surface area contributed by atoms with Crippen molar-refractivity contribution < 1.29 is 4.79 Å². The van der Waals surface area contributed by atoms with E-state index in [2.05, 4.69) is 23.8 Å². The quantitative estimate of drug-likeness (QED) is 0.836. The van der Waals surface area contributed by atoms with Gasteiger partial charge in [-0.15, -0.1) is 0 Å². The first-order valence-corrected chi connectivity index (χ1v) is 9.17. The highest BCUT2D eigenvalue weighted by Crippen LogP contribution is 2.33. The van der Waals surface area contributed by atoms with Crippen LogP contribution in [-0.2, 0) is 4.79 Å². The summed E-state index contributed by atoms with van der Waals surface area (Å²) in [6.45, 7) is 7.64. The van der Waals surface area contributed by atoms with Crippen LogP contribution in [-0.4, -0.2) is 38.8 Å². The van der Waals surface area contributed by atoms with Crippen molar-refractivity contribution in [1.29, 1.82) is 0 Å². The number of pyridine rings is 1. The van der Waals surface area contributed by atoms with E-state index in [1.54, 1.807) is 6.20 Å². The highest BCUT2D eigenvalue weighted by molar-refractivity contribution is 5.79. The van der Waals surface area contributed by atoms with Crippen LogP contribution >= 0.6 is 0 Å². The van der Waals surface area contributed by atoms with Gasteiger partial charge in [0.2, 0.25) is 5.91 Å². The molecule has 0 unspecified atom stereocenters. The number of aromatic nitrogens is 3. The van der Waals surface area contributed by atoms with Crippen LogP contribution in [0.1, 0.15) is 50.5 Å². The van der Waals surface area contributed by atoms with E-state index in [0.717, 1.165) is 55.1 Å². The molecule has 3 heterocycles. The van der Waals surface area contributed by atoms with Crippen molar-refractivity contribution in [3.05, 3.63) is 42.1 Å². The normalized spacial score (nSPS) is 17.3. The highest BCUT2D eigenvalue weighted by atomic mass is 16.2. The van der Waals surface area contributed by atoms with E-state index in [1.165, 1.54) is 0 Å². The first-order valence-electron chi connectivity index (χ1n) is 9.17. The minimum Gasteiger partial charge on any atom is -0.342 e. The van der Waals surface area contributed by atoms with Crippen molar-refractivity contribution in [3.63, 3.8) is 0 Å². The minimum absolute atomic E-state index is 0.140. The topological polar surface area (TPSA) is 59.0 Å². The average Bonchev–Trinajstić information content (AvgIpc) is 3.13. The first-order chi connectivity index (χ1) is 12.1. The van der Waals surface area contributed by atoms with Crippen LogP contribution in [0.3, 0.4) is 0 Å². The van der Waals surface area contributed by atoms with Crippen LogP contribution in [0.15, 0.2) is 30.6 Å². The lowest BCUT2D eigenvalue weighted by Gasteiger charge is -2.22. The first kappa shape index (κ1) is 17.5. The molecule has 1 amide bonds. The van der Waals surface area contributed by atoms with Crippen LogP contribution in [0.2, 0.25) is 0 Å². The van der Waals surface area contributed by atoms with Crippen molar-refractivity contribution in [3.8, 4) is 11.3 Å². The second-order valence-electron chi connectivity index (χ2n) is 6.71. The number of likely N-dealkylation sites (tertiary alicyclic amines) is 1. The predicted octanol–water partition coefficient (Wildman–Crippen LogP) is 3.60. The summed E-state index contributed by atoms with van der Waals surface area (Å²) in [4.78, 5) is 28.2. The molecule has 1 aliphatic heterocycles. The fourth-order valence-corrected chi connectivity index (χ4v) is 3.60. The third kappa shape index (κ3) is 3.70.